The molecule has 10 heteroatoms. The summed E-state index contributed by atoms with van der Waals surface area (Å²) >= 11 is 3.27. The van der Waals surface area contributed by atoms with Crippen LogP contribution in [0, 0.1) is 9.39 Å². The van der Waals surface area contributed by atoms with Crippen LogP contribution >= 0.6 is 33.9 Å². The largest absolute Gasteiger partial charge is 0.507 e. The van der Waals surface area contributed by atoms with Gasteiger partial charge in [0.15, 0.2) is 16.6 Å². The number of carbonyl (C=O) groups is 2. The molecule has 36 heavy (non-hydrogen) atoms. The van der Waals surface area contributed by atoms with Gasteiger partial charge in [-0.05, 0) is 76.7 Å². The van der Waals surface area contributed by atoms with Gasteiger partial charge in [0.2, 0.25) is 0 Å². The number of aliphatic hydroxyl groups excluding tert-OH is 1. The Hall–Kier alpha value is -3.51. The fourth-order valence-electron chi connectivity index (χ4n) is 4.33. The number of thiazole rings is 1. The topological polar surface area (TPSA) is 89.0 Å². The minimum atomic E-state index is -0.930. The molecule has 2 aliphatic heterocycles. The second kappa shape index (κ2) is 8.86. The smallest absolute Gasteiger partial charge is 0.301 e. The number of ketones is 1. The normalized spacial score (nSPS) is 18.7. The molecule has 0 spiro atoms. The first kappa shape index (κ1) is 22.9. The molecule has 1 amide bonds. The summed E-state index contributed by atoms with van der Waals surface area (Å²) in [6, 6.07) is 15.4. The van der Waals surface area contributed by atoms with E-state index in [1.54, 1.807) is 30.3 Å². The number of anilines is 1. The van der Waals surface area contributed by atoms with Crippen molar-refractivity contribution in [2.75, 3.05) is 18.1 Å². The molecule has 0 radical (unpaired) electrons. The zero-order chi connectivity index (χ0) is 25.0. The van der Waals surface area contributed by atoms with Crippen molar-refractivity contribution in [1.29, 1.82) is 0 Å². The number of hydrogen-bond donors (Lipinski definition) is 1. The van der Waals surface area contributed by atoms with Crippen LogP contribution in [0.1, 0.15) is 17.2 Å². The fraction of sp³-hybridized carbons (Fsp3) is 0.115. The van der Waals surface area contributed by atoms with Crippen LogP contribution in [-0.4, -0.2) is 35.0 Å². The second-order valence-corrected chi connectivity index (χ2v) is 10.4. The summed E-state index contributed by atoms with van der Waals surface area (Å²) in [5.74, 6) is -1.43. The number of hydrogen-bond acceptors (Lipinski definition) is 7. The molecular formula is C26H16FIN2O5S. The Morgan fingerprint density at radius 2 is 1.78 bits per heavy atom. The van der Waals surface area contributed by atoms with Gasteiger partial charge in [-0.15, -0.1) is 0 Å². The summed E-state index contributed by atoms with van der Waals surface area (Å²) in [6.07, 6.45) is 0. The van der Waals surface area contributed by atoms with Gasteiger partial charge >= 0.3 is 5.91 Å². The maximum Gasteiger partial charge on any atom is 0.301 e. The lowest BCUT2D eigenvalue weighted by atomic mass is 9.95. The van der Waals surface area contributed by atoms with Gasteiger partial charge in [0.1, 0.15) is 24.8 Å². The number of aromatic nitrogens is 1. The molecule has 6 rings (SSSR count). The van der Waals surface area contributed by atoms with Gasteiger partial charge in [0, 0.05) is 9.13 Å². The molecule has 4 aromatic rings. The van der Waals surface area contributed by atoms with Crippen LogP contribution in [0.2, 0.25) is 0 Å². The van der Waals surface area contributed by atoms with Crippen LogP contribution in [0.25, 0.3) is 16.0 Å². The maximum atomic E-state index is 13.8. The van der Waals surface area contributed by atoms with Crippen LogP contribution < -0.4 is 14.4 Å². The van der Waals surface area contributed by atoms with Crippen molar-refractivity contribution in [3.63, 3.8) is 0 Å². The van der Waals surface area contributed by atoms with E-state index < -0.39 is 23.5 Å². The lowest BCUT2D eigenvalue weighted by Gasteiger charge is -2.23. The lowest BCUT2D eigenvalue weighted by molar-refractivity contribution is -0.132. The van der Waals surface area contributed by atoms with Crippen LogP contribution in [0.5, 0.6) is 11.5 Å². The van der Waals surface area contributed by atoms with E-state index in [9.17, 15) is 19.1 Å². The number of carbonyl (C=O) groups excluding carboxylic acids is 2. The van der Waals surface area contributed by atoms with Crippen molar-refractivity contribution >= 4 is 66.7 Å². The first-order valence-electron chi connectivity index (χ1n) is 10.9. The molecule has 1 saturated heterocycles. The molecular weight excluding hydrogens is 598 g/mol. The van der Waals surface area contributed by atoms with Crippen molar-refractivity contribution in [2.24, 2.45) is 0 Å². The van der Waals surface area contributed by atoms with Crippen LogP contribution in [0.3, 0.4) is 0 Å². The number of aliphatic hydroxyl groups is 1. The fourth-order valence-corrected chi connectivity index (χ4v) is 5.70. The van der Waals surface area contributed by atoms with Crippen LogP contribution in [-0.2, 0) is 9.59 Å². The lowest BCUT2D eigenvalue weighted by Crippen LogP contribution is -2.29. The number of Topliss-reactive ketones (excluding diaryl/α,β-unsaturated/α-hetero) is 1. The summed E-state index contributed by atoms with van der Waals surface area (Å²) in [4.78, 5) is 32.5. The van der Waals surface area contributed by atoms with Crippen molar-refractivity contribution in [2.45, 2.75) is 6.04 Å². The van der Waals surface area contributed by atoms with Crippen molar-refractivity contribution in [3.05, 3.63) is 86.8 Å². The maximum absolute atomic E-state index is 13.8. The molecule has 1 unspecified atom stereocenters. The molecule has 180 valence electrons. The highest BCUT2D eigenvalue weighted by Gasteiger charge is 2.48. The molecule has 1 atom stereocenters. The predicted octanol–water partition coefficient (Wildman–Crippen LogP) is 5.44. The number of halogens is 2. The number of rotatable bonds is 3. The van der Waals surface area contributed by atoms with Gasteiger partial charge in [-0.25, -0.2) is 9.37 Å². The Bertz CT molecular complexity index is 1580. The van der Waals surface area contributed by atoms with Gasteiger partial charge in [-0.1, -0.05) is 23.5 Å². The number of benzene rings is 3. The van der Waals surface area contributed by atoms with E-state index in [1.165, 1.54) is 23.1 Å². The molecule has 0 aliphatic carbocycles. The SMILES string of the molecule is O=C1C(=O)N(c2nc3ccc(F)cc3s2)C(c2ccc(I)cc2)/C1=C(\O)c1ccc2c(c1)OCCO2. The predicted molar refractivity (Wildman–Crippen MR) is 141 cm³/mol. The molecule has 2 aliphatic rings. The van der Waals surface area contributed by atoms with Crippen molar-refractivity contribution in [1.82, 2.24) is 4.98 Å². The Morgan fingerprint density at radius 3 is 2.56 bits per heavy atom. The summed E-state index contributed by atoms with van der Waals surface area (Å²) < 4.78 is 26.5. The zero-order valence-corrected chi connectivity index (χ0v) is 21.4. The van der Waals surface area contributed by atoms with E-state index in [0.29, 0.717) is 46.1 Å². The van der Waals surface area contributed by atoms with E-state index in [4.69, 9.17) is 9.47 Å². The summed E-state index contributed by atoms with van der Waals surface area (Å²) in [5.41, 5.74) is 1.38. The molecule has 0 bridgehead atoms. The van der Waals surface area contributed by atoms with Gasteiger partial charge in [-0.2, -0.15) is 0 Å². The average Bonchev–Trinajstić information content (AvgIpc) is 3.41. The molecule has 1 fully saturated rings. The van der Waals surface area contributed by atoms with Crippen LogP contribution in [0.15, 0.2) is 66.2 Å². The molecule has 7 nitrogen and oxygen atoms in total. The van der Waals surface area contributed by atoms with Crippen molar-refractivity contribution in [3.8, 4) is 11.5 Å². The quantitative estimate of drug-likeness (QED) is 0.143. The average molecular weight is 614 g/mol. The second-order valence-electron chi connectivity index (χ2n) is 8.19. The molecule has 0 saturated carbocycles. The van der Waals surface area contributed by atoms with Gasteiger partial charge < -0.3 is 14.6 Å². The van der Waals surface area contributed by atoms with Gasteiger partial charge in [0.25, 0.3) is 5.78 Å². The minimum Gasteiger partial charge on any atom is -0.507 e. The van der Waals surface area contributed by atoms with Crippen LogP contribution in [0.4, 0.5) is 9.52 Å². The zero-order valence-electron chi connectivity index (χ0n) is 18.4. The van der Waals surface area contributed by atoms with Crippen molar-refractivity contribution < 1.29 is 28.6 Å². The third-order valence-corrected chi connectivity index (χ3v) is 7.73. The Kier molecular flexibility index (Phi) is 5.64. The highest BCUT2D eigenvalue weighted by Crippen LogP contribution is 2.45. The molecule has 3 heterocycles. The first-order valence-corrected chi connectivity index (χ1v) is 12.8. The monoisotopic (exact) mass is 614 g/mol. The van der Waals surface area contributed by atoms with Gasteiger partial charge in [-0.3, -0.25) is 14.5 Å². The van der Waals surface area contributed by atoms with Gasteiger partial charge in [0.05, 0.1) is 21.8 Å². The summed E-state index contributed by atoms with van der Waals surface area (Å²) in [5, 5.41) is 11.6. The Labute approximate surface area is 221 Å². The molecule has 1 aromatic heterocycles. The number of amides is 1. The highest BCUT2D eigenvalue weighted by atomic mass is 127. The minimum absolute atomic E-state index is 0.0664. The third kappa shape index (κ3) is 3.80. The Morgan fingerprint density at radius 1 is 1.03 bits per heavy atom. The van der Waals surface area contributed by atoms with E-state index >= 15 is 0 Å². The standard InChI is InChI=1S/C26H16FIN2O5S/c27-15-4-7-17-20(12-15)36-26(29-17)30-22(13-1-5-16(28)6-2-13)21(24(32)25(30)33)23(31)14-3-8-18-19(11-14)35-10-9-34-18/h1-8,11-12,22,31H,9-10H2/b23-21+. The van der Waals surface area contributed by atoms with E-state index in [1.807, 2.05) is 12.1 Å². The summed E-state index contributed by atoms with van der Waals surface area (Å²) in [7, 11) is 0. The molecule has 1 N–H and O–H groups in total. The molecule has 3 aromatic carbocycles. The van der Waals surface area contributed by atoms with E-state index in [-0.39, 0.29) is 16.5 Å². The number of nitrogens with zero attached hydrogens (tertiary/aromatic N) is 2. The highest BCUT2D eigenvalue weighted by molar-refractivity contribution is 14.1. The first-order chi connectivity index (χ1) is 17.4. The van der Waals surface area contributed by atoms with E-state index in [0.717, 1.165) is 14.9 Å². The number of ether oxygens (including phenoxy) is 2. The Balaban J connectivity index is 1.54. The number of fused-ring (bicyclic) bond motifs is 2. The third-order valence-electron chi connectivity index (χ3n) is 5.99. The summed E-state index contributed by atoms with van der Waals surface area (Å²) in [6.45, 7) is 0.783. The van der Waals surface area contributed by atoms with E-state index in [2.05, 4.69) is 27.6 Å².